The highest BCUT2D eigenvalue weighted by Crippen LogP contribution is 2.27. The fourth-order valence-corrected chi connectivity index (χ4v) is 2.02. The van der Waals surface area contributed by atoms with E-state index in [1.165, 1.54) is 5.56 Å². The summed E-state index contributed by atoms with van der Waals surface area (Å²) in [6.45, 7) is 2.16. The second kappa shape index (κ2) is 5.74. The smallest absolute Gasteiger partial charge is 0.149 e. The summed E-state index contributed by atoms with van der Waals surface area (Å²) in [5.41, 5.74) is 8.49. The van der Waals surface area contributed by atoms with Crippen LogP contribution >= 0.6 is 11.6 Å². The number of aromatic nitrogens is 1. The number of halogens is 1. The summed E-state index contributed by atoms with van der Waals surface area (Å²) in [4.78, 5) is 4.21. The van der Waals surface area contributed by atoms with Crippen molar-refractivity contribution in [2.24, 2.45) is 0 Å². The van der Waals surface area contributed by atoms with E-state index in [0.717, 1.165) is 18.5 Å². The average molecular weight is 262 g/mol. The molecule has 2 rings (SSSR count). The molecule has 1 heterocycles. The zero-order chi connectivity index (χ0) is 13.0. The summed E-state index contributed by atoms with van der Waals surface area (Å²) >= 11 is 6.10. The zero-order valence-corrected chi connectivity index (χ0v) is 11.0. The van der Waals surface area contributed by atoms with Crippen LogP contribution < -0.4 is 11.1 Å². The van der Waals surface area contributed by atoms with Gasteiger partial charge in [0.1, 0.15) is 5.82 Å². The van der Waals surface area contributed by atoms with Crippen LogP contribution in [0.5, 0.6) is 0 Å². The maximum absolute atomic E-state index is 6.10. The number of nitrogens with two attached hydrogens (primary N) is 1. The van der Waals surface area contributed by atoms with Crippen LogP contribution in [-0.4, -0.2) is 4.98 Å². The van der Waals surface area contributed by atoms with Crippen LogP contribution in [0.1, 0.15) is 18.9 Å². The van der Waals surface area contributed by atoms with Crippen molar-refractivity contribution in [2.75, 3.05) is 11.1 Å². The molecule has 18 heavy (non-hydrogen) atoms. The molecule has 94 valence electrons. The summed E-state index contributed by atoms with van der Waals surface area (Å²) in [6.07, 6.45) is 3.72. The second-order valence-electron chi connectivity index (χ2n) is 4.13. The van der Waals surface area contributed by atoms with E-state index >= 15 is 0 Å². The van der Waals surface area contributed by atoms with Gasteiger partial charge in [-0.1, -0.05) is 43.1 Å². The van der Waals surface area contributed by atoms with Gasteiger partial charge in [-0.2, -0.15) is 0 Å². The molecule has 0 aliphatic heterocycles. The number of hydrogen-bond donors (Lipinski definition) is 2. The third-order valence-corrected chi connectivity index (χ3v) is 2.94. The predicted octanol–water partition coefficient (Wildman–Crippen LogP) is 4.01. The van der Waals surface area contributed by atoms with Crippen molar-refractivity contribution in [1.82, 2.24) is 4.98 Å². The molecular weight excluding hydrogens is 246 g/mol. The fraction of sp³-hybridized carbons (Fsp3) is 0.214. The molecule has 3 nitrogen and oxygen atoms in total. The van der Waals surface area contributed by atoms with Gasteiger partial charge in [-0.25, -0.2) is 4.98 Å². The molecule has 4 heteroatoms. The van der Waals surface area contributed by atoms with E-state index in [9.17, 15) is 0 Å². The molecule has 0 saturated carbocycles. The topological polar surface area (TPSA) is 50.9 Å². The molecule has 0 spiro atoms. The van der Waals surface area contributed by atoms with Gasteiger partial charge in [0.05, 0.1) is 16.9 Å². The van der Waals surface area contributed by atoms with Crippen molar-refractivity contribution in [3.05, 3.63) is 47.1 Å². The number of hydrogen-bond acceptors (Lipinski definition) is 3. The summed E-state index contributed by atoms with van der Waals surface area (Å²) in [6, 6.07) is 9.86. The molecule has 0 saturated heterocycles. The molecule has 0 unspecified atom stereocenters. The Kier molecular flexibility index (Phi) is 4.05. The molecule has 0 aliphatic rings. The Bertz CT molecular complexity index is 540. The van der Waals surface area contributed by atoms with E-state index in [0.29, 0.717) is 16.5 Å². The minimum Gasteiger partial charge on any atom is -0.397 e. The van der Waals surface area contributed by atoms with Crippen LogP contribution in [0, 0.1) is 0 Å². The molecule has 3 N–H and O–H groups in total. The number of rotatable bonds is 4. The van der Waals surface area contributed by atoms with Crippen LogP contribution in [0.4, 0.5) is 17.2 Å². The monoisotopic (exact) mass is 261 g/mol. The molecule has 1 aromatic carbocycles. The zero-order valence-electron chi connectivity index (χ0n) is 10.3. The van der Waals surface area contributed by atoms with Crippen LogP contribution in [0.15, 0.2) is 36.5 Å². The Morgan fingerprint density at radius 2 is 2.11 bits per heavy atom. The predicted molar refractivity (Wildman–Crippen MR) is 77.4 cm³/mol. The Morgan fingerprint density at radius 3 is 2.83 bits per heavy atom. The van der Waals surface area contributed by atoms with E-state index in [2.05, 4.69) is 23.3 Å². The lowest BCUT2D eigenvalue weighted by atomic mass is 10.1. The van der Waals surface area contributed by atoms with Gasteiger partial charge in [0.15, 0.2) is 0 Å². The highest BCUT2D eigenvalue weighted by atomic mass is 35.5. The first-order chi connectivity index (χ1) is 8.70. The van der Waals surface area contributed by atoms with E-state index in [4.69, 9.17) is 17.3 Å². The Balaban J connectivity index is 2.28. The molecule has 0 amide bonds. The quantitative estimate of drug-likeness (QED) is 0.874. The number of pyridine rings is 1. The first kappa shape index (κ1) is 12.7. The normalized spacial score (nSPS) is 10.3. The lowest BCUT2D eigenvalue weighted by molar-refractivity contribution is 0.923. The van der Waals surface area contributed by atoms with Crippen molar-refractivity contribution in [1.29, 1.82) is 0 Å². The number of nitrogens with zero attached hydrogens (tertiary/aromatic N) is 1. The largest absolute Gasteiger partial charge is 0.397 e. The fourth-order valence-electron chi connectivity index (χ4n) is 1.80. The molecule has 0 atom stereocenters. The lowest BCUT2D eigenvalue weighted by Gasteiger charge is -2.12. The summed E-state index contributed by atoms with van der Waals surface area (Å²) < 4.78 is 0. The van der Waals surface area contributed by atoms with Gasteiger partial charge in [0.2, 0.25) is 0 Å². The number of aryl methyl sites for hydroxylation is 1. The van der Waals surface area contributed by atoms with Crippen LogP contribution in [0.3, 0.4) is 0 Å². The number of nitrogen functional groups attached to an aromatic ring is 1. The molecule has 0 fully saturated rings. The first-order valence-corrected chi connectivity index (χ1v) is 6.34. The van der Waals surface area contributed by atoms with Gasteiger partial charge in [-0.05, 0) is 24.1 Å². The van der Waals surface area contributed by atoms with E-state index < -0.39 is 0 Å². The third-order valence-electron chi connectivity index (χ3n) is 2.65. The lowest BCUT2D eigenvalue weighted by Crippen LogP contribution is -1.99. The minimum atomic E-state index is 0.529. The molecular formula is C14H16ClN3. The van der Waals surface area contributed by atoms with Crippen molar-refractivity contribution in [3.8, 4) is 0 Å². The van der Waals surface area contributed by atoms with Crippen LogP contribution in [0.2, 0.25) is 5.02 Å². The molecule has 0 bridgehead atoms. The van der Waals surface area contributed by atoms with Gasteiger partial charge in [0.25, 0.3) is 0 Å². The number of anilines is 3. The number of benzene rings is 1. The van der Waals surface area contributed by atoms with E-state index in [-0.39, 0.29) is 0 Å². The molecule has 1 aromatic heterocycles. The summed E-state index contributed by atoms with van der Waals surface area (Å²) in [7, 11) is 0. The summed E-state index contributed by atoms with van der Waals surface area (Å²) in [5.74, 6) is 0.634. The Labute approximate surface area is 112 Å². The van der Waals surface area contributed by atoms with E-state index in [1.54, 1.807) is 12.3 Å². The van der Waals surface area contributed by atoms with Gasteiger partial charge < -0.3 is 11.1 Å². The van der Waals surface area contributed by atoms with Crippen molar-refractivity contribution in [2.45, 2.75) is 19.8 Å². The van der Waals surface area contributed by atoms with E-state index in [1.807, 2.05) is 18.2 Å². The van der Waals surface area contributed by atoms with Gasteiger partial charge in [-0.3, -0.25) is 0 Å². The van der Waals surface area contributed by atoms with Crippen molar-refractivity contribution in [3.63, 3.8) is 0 Å². The average Bonchev–Trinajstić information content (AvgIpc) is 2.35. The second-order valence-corrected chi connectivity index (χ2v) is 4.54. The first-order valence-electron chi connectivity index (χ1n) is 5.96. The Morgan fingerprint density at radius 1 is 1.33 bits per heavy atom. The van der Waals surface area contributed by atoms with Gasteiger partial charge >= 0.3 is 0 Å². The maximum Gasteiger partial charge on any atom is 0.149 e. The highest BCUT2D eigenvalue weighted by Gasteiger charge is 2.05. The highest BCUT2D eigenvalue weighted by molar-refractivity contribution is 6.33. The van der Waals surface area contributed by atoms with Crippen molar-refractivity contribution >= 4 is 28.8 Å². The maximum atomic E-state index is 6.10. The molecule has 2 aromatic rings. The Hall–Kier alpha value is -1.74. The third kappa shape index (κ3) is 2.93. The number of nitrogens with one attached hydrogen (secondary N) is 1. The van der Waals surface area contributed by atoms with Crippen LogP contribution in [-0.2, 0) is 6.42 Å². The molecule has 0 aliphatic carbocycles. The minimum absolute atomic E-state index is 0.529. The van der Waals surface area contributed by atoms with Gasteiger partial charge in [-0.15, -0.1) is 0 Å². The summed E-state index contributed by atoms with van der Waals surface area (Å²) in [5, 5.41) is 3.78. The van der Waals surface area contributed by atoms with Crippen LogP contribution in [0.25, 0.3) is 0 Å². The van der Waals surface area contributed by atoms with Gasteiger partial charge in [0, 0.05) is 5.69 Å². The van der Waals surface area contributed by atoms with Crippen molar-refractivity contribution < 1.29 is 0 Å². The SMILES string of the molecule is CCCc1ccccc1Nc1ncc(N)cc1Cl. The number of para-hydroxylation sites is 1. The molecule has 0 radical (unpaired) electrons. The standard InChI is InChI=1S/C14H16ClN3/c1-2-5-10-6-3-4-7-13(10)18-14-12(15)8-11(16)9-17-14/h3-4,6-9H,2,5,16H2,1H3,(H,17,18).